The maximum atomic E-state index is 12.2. The molecule has 0 bridgehead atoms. The van der Waals surface area contributed by atoms with Crippen molar-refractivity contribution in [2.24, 2.45) is 0 Å². The molecule has 0 aliphatic carbocycles. The molecule has 0 N–H and O–H groups in total. The topological polar surface area (TPSA) is 55.8 Å². The standard InChI is InChI=1S/C13H17NO4/c1-4-14(5-2)12(15)10-8-6-7-9-11(10)18-13(16)17-3/h6-9H,4-5H2,1-3H3. The first kappa shape index (κ1) is 14.0. The Bertz CT molecular complexity index is 427. The molecular formula is C13H17NO4. The normalized spacial score (nSPS) is 9.72. The highest BCUT2D eigenvalue weighted by Crippen LogP contribution is 2.20. The Morgan fingerprint density at radius 2 is 1.78 bits per heavy atom. The van der Waals surface area contributed by atoms with Crippen LogP contribution in [0.25, 0.3) is 0 Å². The first-order chi connectivity index (χ1) is 8.63. The smallest absolute Gasteiger partial charge is 0.437 e. The van der Waals surface area contributed by atoms with Crippen LogP contribution >= 0.6 is 0 Å². The number of rotatable bonds is 4. The van der Waals surface area contributed by atoms with Gasteiger partial charge in [0.05, 0.1) is 12.7 Å². The first-order valence-corrected chi connectivity index (χ1v) is 5.78. The second kappa shape index (κ2) is 6.64. The summed E-state index contributed by atoms with van der Waals surface area (Å²) in [6.45, 7) is 4.99. The zero-order valence-electron chi connectivity index (χ0n) is 10.8. The molecule has 0 aromatic heterocycles. The molecule has 0 aliphatic rings. The van der Waals surface area contributed by atoms with Crippen molar-refractivity contribution in [1.29, 1.82) is 0 Å². The summed E-state index contributed by atoms with van der Waals surface area (Å²) in [5, 5.41) is 0. The van der Waals surface area contributed by atoms with E-state index in [-0.39, 0.29) is 11.7 Å². The van der Waals surface area contributed by atoms with E-state index in [9.17, 15) is 9.59 Å². The number of carbonyl (C=O) groups is 2. The van der Waals surface area contributed by atoms with Gasteiger partial charge in [0.15, 0.2) is 0 Å². The van der Waals surface area contributed by atoms with E-state index in [0.29, 0.717) is 18.7 Å². The average molecular weight is 251 g/mol. The van der Waals surface area contributed by atoms with Crippen LogP contribution in [0.15, 0.2) is 24.3 Å². The summed E-state index contributed by atoms with van der Waals surface area (Å²) in [6.07, 6.45) is -0.838. The SMILES string of the molecule is CCN(CC)C(=O)c1ccccc1OC(=O)OC. The highest BCUT2D eigenvalue weighted by Gasteiger charge is 2.18. The molecule has 98 valence electrons. The van der Waals surface area contributed by atoms with Crippen molar-refractivity contribution < 1.29 is 19.1 Å². The molecule has 1 aromatic rings. The number of benzene rings is 1. The molecule has 0 saturated carbocycles. The third-order valence-corrected chi connectivity index (χ3v) is 2.53. The summed E-state index contributed by atoms with van der Waals surface area (Å²) in [5.41, 5.74) is 0.353. The van der Waals surface area contributed by atoms with Crippen molar-refractivity contribution in [3.05, 3.63) is 29.8 Å². The molecule has 0 aliphatic heterocycles. The minimum atomic E-state index is -0.838. The number of nitrogens with zero attached hydrogens (tertiary/aromatic N) is 1. The van der Waals surface area contributed by atoms with Gasteiger partial charge < -0.3 is 14.4 Å². The molecule has 0 atom stereocenters. The van der Waals surface area contributed by atoms with Gasteiger partial charge in [-0.15, -0.1) is 0 Å². The number of carbonyl (C=O) groups excluding carboxylic acids is 2. The molecular weight excluding hydrogens is 234 g/mol. The highest BCUT2D eigenvalue weighted by molar-refractivity contribution is 5.97. The van der Waals surface area contributed by atoms with Gasteiger partial charge in [-0.1, -0.05) is 12.1 Å². The molecule has 0 unspecified atom stereocenters. The first-order valence-electron chi connectivity index (χ1n) is 5.78. The van der Waals surface area contributed by atoms with Crippen molar-refractivity contribution >= 4 is 12.1 Å². The Balaban J connectivity index is 3.01. The van der Waals surface area contributed by atoms with E-state index in [1.807, 2.05) is 13.8 Å². The number of hydrogen-bond donors (Lipinski definition) is 0. The predicted molar refractivity (Wildman–Crippen MR) is 66.7 cm³/mol. The van der Waals surface area contributed by atoms with Crippen LogP contribution in [-0.2, 0) is 4.74 Å². The summed E-state index contributed by atoms with van der Waals surface area (Å²) in [7, 11) is 1.22. The fourth-order valence-corrected chi connectivity index (χ4v) is 1.54. The Morgan fingerprint density at radius 3 is 2.33 bits per heavy atom. The maximum Gasteiger partial charge on any atom is 0.513 e. The minimum Gasteiger partial charge on any atom is -0.437 e. The third-order valence-electron chi connectivity index (χ3n) is 2.53. The van der Waals surface area contributed by atoms with Crippen LogP contribution in [0.4, 0.5) is 4.79 Å². The molecule has 1 amide bonds. The maximum absolute atomic E-state index is 12.2. The Labute approximate surface area is 106 Å². The van der Waals surface area contributed by atoms with Crippen LogP contribution in [-0.4, -0.2) is 37.2 Å². The van der Waals surface area contributed by atoms with Crippen molar-refractivity contribution in [2.75, 3.05) is 20.2 Å². The lowest BCUT2D eigenvalue weighted by Gasteiger charge is -2.19. The minimum absolute atomic E-state index is 0.167. The van der Waals surface area contributed by atoms with Crippen molar-refractivity contribution in [1.82, 2.24) is 4.90 Å². The fraction of sp³-hybridized carbons (Fsp3) is 0.385. The van der Waals surface area contributed by atoms with Crippen LogP contribution in [0.1, 0.15) is 24.2 Å². The van der Waals surface area contributed by atoms with Gasteiger partial charge in [-0.25, -0.2) is 4.79 Å². The predicted octanol–water partition coefficient (Wildman–Crippen LogP) is 2.31. The summed E-state index contributed by atoms with van der Waals surface area (Å²) in [4.78, 5) is 24.9. The van der Waals surface area contributed by atoms with Crippen molar-refractivity contribution in [2.45, 2.75) is 13.8 Å². The fourth-order valence-electron chi connectivity index (χ4n) is 1.54. The molecule has 0 fully saturated rings. The monoisotopic (exact) mass is 251 g/mol. The van der Waals surface area contributed by atoms with E-state index in [1.54, 1.807) is 29.2 Å². The number of ether oxygens (including phenoxy) is 2. The molecule has 18 heavy (non-hydrogen) atoms. The Hall–Kier alpha value is -2.04. The zero-order valence-corrected chi connectivity index (χ0v) is 10.8. The van der Waals surface area contributed by atoms with E-state index >= 15 is 0 Å². The molecule has 5 heteroatoms. The summed E-state index contributed by atoms with van der Waals surface area (Å²) in [5.74, 6) is 0.0424. The van der Waals surface area contributed by atoms with Gasteiger partial charge in [-0.05, 0) is 26.0 Å². The van der Waals surface area contributed by atoms with Gasteiger partial charge >= 0.3 is 6.16 Å². The lowest BCUT2D eigenvalue weighted by molar-refractivity contribution is 0.0767. The molecule has 0 spiro atoms. The van der Waals surface area contributed by atoms with Gasteiger partial charge in [-0.3, -0.25) is 4.79 Å². The number of para-hydroxylation sites is 1. The van der Waals surface area contributed by atoms with E-state index in [1.165, 1.54) is 7.11 Å². The van der Waals surface area contributed by atoms with E-state index < -0.39 is 6.16 Å². The quantitative estimate of drug-likeness (QED) is 0.608. The van der Waals surface area contributed by atoms with Crippen LogP contribution < -0.4 is 4.74 Å². The van der Waals surface area contributed by atoms with Gasteiger partial charge in [0.1, 0.15) is 5.75 Å². The Morgan fingerprint density at radius 1 is 1.17 bits per heavy atom. The molecule has 1 aromatic carbocycles. The van der Waals surface area contributed by atoms with Crippen molar-refractivity contribution in [3.8, 4) is 5.75 Å². The summed E-state index contributed by atoms with van der Waals surface area (Å²) >= 11 is 0. The highest BCUT2D eigenvalue weighted by atomic mass is 16.7. The van der Waals surface area contributed by atoms with E-state index in [2.05, 4.69) is 4.74 Å². The summed E-state index contributed by atoms with van der Waals surface area (Å²) < 4.78 is 9.36. The third kappa shape index (κ3) is 3.23. The number of hydrogen-bond acceptors (Lipinski definition) is 4. The van der Waals surface area contributed by atoms with Gasteiger partial charge in [0.2, 0.25) is 0 Å². The van der Waals surface area contributed by atoms with Crippen LogP contribution in [0.5, 0.6) is 5.75 Å². The molecule has 0 heterocycles. The van der Waals surface area contributed by atoms with Crippen LogP contribution in [0, 0.1) is 0 Å². The second-order valence-electron chi connectivity index (χ2n) is 3.53. The van der Waals surface area contributed by atoms with Gasteiger partial charge in [0.25, 0.3) is 5.91 Å². The van der Waals surface area contributed by atoms with Gasteiger partial charge in [0, 0.05) is 13.1 Å². The van der Waals surface area contributed by atoms with Crippen molar-refractivity contribution in [3.63, 3.8) is 0 Å². The molecule has 0 saturated heterocycles. The number of methoxy groups -OCH3 is 1. The molecule has 0 radical (unpaired) electrons. The zero-order chi connectivity index (χ0) is 13.5. The lowest BCUT2D eigenvalue weighted by Crippen LogP contribution is -2.31. The van der Waals surface area contributed by atoms with Crippen LogP contribution in [0.3, 0.4) is 0 Å². The summed E-state index contributed by atoms with van der Waals surface area (Å²) in [6, 6.07) is 6.60. The Kier molecular flexibility index (Phi) is 5.17. The number of amides is 1. The lowest BCUT2D eigenvalue weighted by atomic mass is 10.1. The average Bonchev–Trinajstić information content (AvgIpc) is 2.40. The second-order valence-corrected chi connectivity index (χ2v) is 3.53. The molecule has 1 rings (SSSR count). The van der Waals surface area contributed by atoms with Crippen LogP contribution in [0.2, 0.25) is 0 Å². The van der Waals surface area contributed by atoms with E-state index in [0.717, 1.165) is 0 Å². The van der Waals surface area contributed by atoms with E-state index in [4.69, 9.17) is 4.74 Å². The largest absolute Gasteiger partial charge is 0.513 e. The molecule has 5 nitrogen and oxygen atoms in total. The van der Waals surface area contributed by atoms with Gasteiger partial charge in [-0.2, -0.15) is 0 Å².